The molecule has 98 valence electrons. The van der Waals surface area contributed by atoms with Crippen molar-refractivity contribution in [3.8, 4) is 0 Å². The van der Waals surface area contributed by atoms with Gasteiger partial charge in [0.1, 0.15) is 0 Å². The predicted octanol–water partition coefficient (Wildman–Crippen LogP) is 2.04. The lowest BCUT2D eigenvalue weighted by Gasteiger charge is -2.30. The standard InChI is InChI=1S/C12H26O4/c1-11(2,7-5-9-13)15-16-12(3,4)8-6-10-14/h13-14H,5-10H2,1-4H3. The summed E-state index contributed by atoms with van der Waals surface area (Å²) in [6, 6.07) is 0. The van der Waals surface area contributed by atoms with E-state index in [-0.39, 0.29) is 24.4 Å². The molecule has 0 bridgehead atoms. The maximum Gasteiger partial charge on any atom is 0.0981 e. The van der Waals surface area contributed by atoms with Crippen molar-refractivity contribution in [3.05, 3.63) is 0 Å². The average molecular weight is 234 g/mol. The van der Waals surface area contributed by atoms with Crippen LogP contribution in [0.1, 0.15) is 53.4 Å². The topological polar surface area (TPSA) is 58.9 Å². The average Bonchev–Trinajstić information content (AvgIpc) is 2.22. The molecule has 0 atom stereocenters. The van der Waals surface area contributed by atoms with Crippen LogP contribution in [0.25, 0.3) is 0 Å². The molecule has 0 aromatic heterocycles. The number of rotatable bonds is 9. The van der Waals surface area contributed by atoms with Gasteiger partial charge in [-0.15, -0.1) is 0 Å². The first-order valence-electron chi connectivity index (χ1n) is 5.91. The molecular formula is C12H26O4. The Morgan fingerprint density at radius 2 is 1.06 bits per heavy atom. The van der Waals surface area contributed by atoms with Gasteiger partial charge in [-0.05, 0) is 53.4 Å². The van der Waals surface area contributed by atoms with Crippen LogP contribution in [0.5, 0.6) is 0 Å². The highest BCUT2D eigenvalue weighted by atomic mass is 17.2. The fourth-order valence-corrected chi connectivity index (χ4v) is 1.32. The molecule has 0 aromatic rings. The highest BCUT2D eigenvalue weighted by Gasteiger charge is 2.25. The Morgan fingerprint density at radius 3 is 1.31 bits per heavy atom. The molecule has 4 nitrogen and oxygen atoms in total. The van der Waals surface area contributed by atoms with E-state index in [2.05, 4.69) is 0 Å². The molecule has 0 aliphatic rings. The fraction of sp³-hybridized carbons (Fsp3) is 1.00. The second kappa shape index (κ2) is 7.22. The lowest BCUT2D eigenvalue weighted by Crippen LogP contribution is -2.33. The summed E-state index contributed by atoms with van der Waals surface area (Å²) in [5, 5.41) is 17.5. The minimum absolute atomic E-state index is 0.167. The van der Waals surface area contributed by atoms with Crippen LogP contribution in [0.2, 0.25) is 0 Å². The van der Waals surface area contributed by atoms with Crippen molar-refractivity contribution >= 4 is 0 Å². The van der Waals surface area contributed by atoms with Gasteiger partial charge in [-0.25, -0.2) is 9.78 Å². The Hall–Kier alpha value is -0.160. The second-order valence-corrected chi connectivity index (χ2v) is 5.34. The lowest BCUT2D eigenvalue weighted by molar-refractivity contribution is -0.403. The van der Waals surface area contributed by atoms with Gasteiger partial charge in [-0.2, -0.15) is 0 Å². The van der Waals surface area contributed by atoms with E-state index in [9.17, 15) is 0 Å². The molecule has 0 amide bonds. The molecule has 0 saturated carbocycles. The van der Waals surface area contributed by atoms with E-state index in [0.717, 1.165) is 12.8 Å². The predicted molar refractivity (Wildman–Crippen MR) is 63.0 cm³/mol. The minimum atomic E-state index is -0.390. The summed E-state index contributed by atoms with van der Waals surface area (Å²) in [7, 11) is 0. The van der Waals surface area contributed by atoms with Gasteiger partial charge in [0.05, 0.1) is 11.2 Å². The first-order valence-corrected chi connectivity index (χ1v) is 5.91. The van der Waals surface area contributed by atoms with Crippen molar-refractivity contribution < 1.29 is 20.0 Å². The zero-order chi connectivity index (χ0) is 12.7. The van der Waals surface area contributed by atoms with Crippen LogP contribution < -0.4 is 0 Å². The molecule has 4 heteroatoms. The quantitative estimate of drug-likeness (QED) is 0.473. The van der Waals surface area contributed by atoms with Gasteiger partial charge in [0.2, 0.25) is 0 Å². The summed E-state index contributed by atoms with van der Waals surface area (Å²) < 4.78 is 0. The third-order valence-corrected chi connectivity index (χ3v) is 2.37. The second-order valence-electron chi connectivity index (χ2n) is 5.34. The summed E-state index contributed by atoms with van der Waals surface area (Å²) in [5.74, 6) is 0. The first-order chi connectivity index (χ1) is 7.33. The van der Waals surface area contributed by atoms with Crippen LogP contribution in [-0.2, 0) is 9.78 Å². The van der Waals surface area contributed by atoms with Gasteiger partial charge in [0.15, 0.2) is 0 Å². The maximum absolute atomic E-state index is 8.75. The number of aliphatic hydroxyl groups excluding tert-OH is 2. The van der Waals surface area contributed by atoms with E-state index in [4.69, 9.17) is 20.0 Å². The van der Waals surface area contributed by atoms with Crippen LogP contribution in [0.3, 0.4) is 0 Å². The van der Waals surface area contributed by atoms with Crippen LogP contribution in [0.15, 0.2) is 0 Å². The molecule has 0 heterocycles. The van der Waals surface area contributed by atoms with E-state index in [1.807, 2.05) is 27.7 Å². The molecule has 0 fully saturated rings. The molecule has 0 aromatic carbocycles. The third-order valence-electron chi connectivity index (χ3n) is 2.37. The van der Waals surface area contributed by atoms with Crippen molar-refractivity contribution in [1.29, 1.82) is 0 Å². The van der Waals surface area contributed by atoms with Gasteiger partial charge < -0.3 is 10.2 Å². The summed E-state index contributed by atoms with van der Waals surface area (Å²) in [4.78, 5) is 10.8. The Kier molecular flexibility index (Phi) is 7.15. The molecule has 16 heavy (non-hydrogen) atoms. The lowest BCUT2D eigenvalue weighted by atomic mass is 10.0. The van der Waals surface area contributed by atoms with Crippen LogP contribution in [0, 0.1) is 0 Å². The van der Waals surface area contributed by atoms with E-state index in [1.54, 1.807) is 0 Å². The molecule has 0 aliphatic carbocycles. The first kappa shape index (κ1) is 15.8. The summed E-state index contributed by atoms with van der Waals surface area (Å²) in [6.45, 7) is 8.08. The van der Waals surface area contributed by atoms with Crippen molar-refractivity contribution in [1.82, 2.24) is 0 Å². The smallest absolute Gasteiger partial charge is 0.0981 e. The van der Waals surface area contributed by atoms with Crippen molar-refractivity contribution in [2.75, 3.05) is 13.2 Å². The number of aliphatic hydroxyl groups is 2. The third kappa shape index (κ3) is 8.05. The molecule has 0 saturated heterocycles. The van der Waals surface area contributed by atoms with E-state index in [0.29, 0.717) is 12.8 Å². The highest BCUT2D eigenvalue weighted by molar-refractivity contribution is 4.69. The number of hydrogen-bond donors (Lipinski definition) is 2. The Bertz CT molecular complexity index is 158. The van der Waals surface area contributed by atoms with Gasteiger partial charge in [0.25, 0.3) is 0 Å². The molecule has 2 N–H and O–H groups in total. The van der Waals surface area contributed by atoms with Gasteiger partial charge in [-0.1, -0.05) is 0 Å². The van der Waals surface area contributed by atoms with Gasteiger partial charge >= 0.3 is 0 Å². The van der Waals surface area contributed by atoms with Crippen molar-refractivity contribution in [3.63, 3.8) is 0 Å². The fourth-order valence-electron chi connectivity index (χ4n) is 1.32. The summed E-state index contributed by atoms with van der Waals surface area (Å²) in [6.07, 6.45) is 2.90. The van der Waals surface area contributed by atoms with Crippen LogP contribution in [0.4, 0.5) is 0 Å². The Morgan fingerprint density at radius 1 is 0.750 bits per heavy atom. The van der Waals surface area contributed by atoms with Crippen LogP contribution >= 0.6 is 0 Å². The van der Waals surface area contributed by atoms with Crippen LogP contribution in [-0.4, -0.2) is 34.6 Å². The van der Waals surface area contributed by atoms with E-state index in [1.165, 1.54) is 0 Å². The highest BCUT2D eigenvalue weighted by Crippen LogP contribution is 2.23. The maximum atomic E-state index is 8.75. The van der Waals surface area contributed by atoms with E-state index < -0.39 is 0 Å². The van der Waals surface area contributed by atoms with Crippen molar-refractivity contribution in [2.24, 2.45) is 0 Å². The largest absolute Gasteiger partial charge is 0.396 e. The normalized spacial score (nSPS) is 13.1. The molecule has 0 radical (unpaired) electrons. The Balaban J connectivity index is 3.91. The zero-order valence-corrected chi connectivity index (χ0v) is 11.0. The molecule has 0 spiro atoms. The minimum Gasteiger partial charge on any atom is -0.396 e. The zero-order valence-electron chi connectivity index (χ0n) is 11.0. The summed E-state index contributed by atoms with van der Waals surface area (Å²) in [5.41, 5.74) is -0.779. The monoisotopic (exact) mass is 234 g/mol. The van der Waals surface area contributed by atoms with Crippen molar-refractivity contribution in [2.45, 2.75) is 64.6 Å². The van der Waals surface area contributed by atoms with E-state index >= 15 is 0 Å². The Labute approximate surface area is 98.5 Å². The van der Waals surface area contributed by atoms with Gasteiger partial charge in [0, 0.05) is 13.2 Å². The summed E-state index contributed by atoms with van der Waals surface area (Å²) >= 11 is 0. The SMILES string of the molecule is CC(C)(CCCO)OOC(C)(C)CCCO. The molecular weight excluding hydrogens is 208 g/mol. The molecule has 0 rings (SSSR count). The number of hydrogen-bond acceptors (Lipinski definition) is 4. The molecule has 0 unspecified atom stereocenters. The van der Waals surface area contributed by atoms with Gasteiger partial charge in [-0.3, -0.25) is 0 Å². The molecule has 0 aliphatic heterocycles.